The van der Waals surface area contributed by atoms with Crippen LogP contribution in [-0.2, 0) is 0 Å². The lowest BCUT2D eigenvalue weighted by molar-refractivity contribution is 0.0733. The van der Waals surface area contributed by atoms with E-state index in [1.54, 1.807) is 31.2 Å². The fourth-order valence-corrected chi connectivity index (χ4v) is 3.28. The third kappa shape index (κ3) is 3.82. The van der Waals surface area contributed by atoms with Gasteiger partial charge in [0.2, 0.25) is 5.78 Å². The molecule has 0 unspecified atom stereocenters. The van der Waals surface area contributed by atoms with Crippen LogP contribution < -0.4 is 9.47 Å². The first kappa shape index (κ1) is 20.1. The van der Waals surface area contributed by atoms with Gasteiger partial charge in [0.25, 0.3) is 0 Å². The number of hydrogen-bond acceptors (Lipinski definition) is 4. The quantitative estimate of drug-likeness (QED) is 0.272. The molecule has 4 nitrogen and oxygen atoms in total. The Bertz CT molecular complexity index is 1220. The minimum absolute atomic E-state index is 0.119. The van der Waals surface area contributed by atoms with Crippen LogP contribution in [0.1, 0.15) is 31.8 Å². The van der Waals surface area contributed by atoms with Crippen molar-refractivity contribution in [3.63, 3.8) is 0 Å². The standard InChI is InChI=1S/C23H13Cl2FO4/c1-12-19(30-23(28)14-3-5-15(26)6-4-14)9-7-16-21(27)20(29-22(12)16)11-13-2-8-17(24)18(25)10-13/h2-11H,1H3/b20-11-. The average molecular weight is 443 g/mol. The highest BCUT2D eigenvalue weighted by molar-refractivity contribution is 6.42. The highest BCUT2D eigenvalue weighted by atomic mass is 35.5. The number of carbonyl (C=O) groups is 2. The second-order valence-electron chi connectivity index (χ2n) is 6.58. The second kappa shape index (κ2) is 7.94. The van der Waals surface area contributed by atoms with Crippen molar-refractivity contribution in [1.29, 1.82) is 0 Å². The van der Waals surface area contributed by atoms with Crippen LogP contribution in [0.4, 0.5) is 4.39 Å². The summed E-state index contributed by atoms with van der Waals surface area (Å²) in [4.78, 5) is 25.0. The zero-order valence-electron chi connectivity index (χ0n) is 15.5. The zero-order chi connectivity index (χ0) is 21.4. The largest absolute Gasteiger partial charge is 0.452 e. The van der Waals surface area contributed by atoms with Gasteiger partial charge in [0.05, 0.1) is 21.2 Å². The van der Waals surface area contributed by atoms with Gasteiger partial charge in [-0.05, 0) is 67.1 Å². The number of ether oxygens (including phenoxy) is 2. The van der Waals surface area contributed by atoms with Crippen molar-refractivity contribution in [2.45, 2.75) is 6.92 Å². The molecule has 0 atom stereocenters. The van der Waals surface area contributed by atoms with E-state index in [1.807, 2.05) is 0 Å². The monoisotopic (exact) mass is 442 g/mol. The Labute approximate surface area is 181 Å². The first-order valence-corrected chi connectivity index (χ1v) is 9.60. The van der Waals surface area contributed by atoms with Gasteiger partial charge in [-0.25, -0.2) is 9.18 Å². The molecule has 3 aromatic carbocycles. The summed E-state index contributed by atoms with van der Waals surface area (Å²) >= 11 is 11.9. The van der Waals surface area contributed by atoms with E-state index < -0.39 is 11.8 Å². The Morgan fingerprint density at radius 1 is 1.03 bits per heavy atom. The molecular formula is C23H13Cl2FO4. The van der Waals surface area contributed by atoms with Crippen molar-refractivity contribution in [3.05, 3.63) is 98.5 Å². The summed E-state index contributed by atoms with van der Waals surface area (Å²) in [6.45, 7) is 1.68. The number of allylic oxidation sites excluding steroid dienone is 1. The summed E-state index contributed by atoms with van der Waals surface area (Å²) in [7, 11) is 0. The van der Waals surface area contributed by atoms with Gasteiger partial charge in [0.1, 0.15) is 17.3 Å². The highest BCUT2D eigenvalue weighted by Crippen LogP contribution is 2.39. The number of rotatable bonds is 3. The lowest BCUT2D eigenvalue weighted by atomic mass is 10.1. The first-order chi connectivity index (χ1) is 14.3. The fraction of sp³-hybridized carbons (Fsp3) is 0.0435. The van der Waals surface area contributed by atoms with E-state index in [0.717, 1.165) is 0 Å². The third-order valence-electron chi connectivity index (χ3n) is 4.56. The third-order valence-corrected chi connectivity index (χ3v) is 5.30. The van der Waals surface area contributed by atoms with Crippen LogP contribution in [0.2, 0.25) is 10.0 Å². The van der Waals surface area contributed by atoms with Gasteiger partial charge in [-0.2, -0.15) is 0 Å². The van der Waals surface area contributed by atoms with Crippen LogP contribution in [0.5, 0.6) is 11.5 Å². The molecule has 1 heterocycles. The van der Waals surface area contributed by atoms with E-state index in [-0.39, 0.29) is 22.9 Å². The molecule has 7 heteroatoms. The molecule has 1 aliphatic heterocycles. The predicted molar refractivity (Wildman–Crippen MR) is 112 cm³/mol. The van der Waals surface area contributed by atoms with Crippen LogP contribution in [0, 0.1) is 12.7 Å². The normalized spacial score (nSPS) is 13.9. The van der Waals surface area contributed by atoms with Crippen LogP contribution in [0.25, 0.3) is 6.08 Å². The lowest BCUT2D eigenvalue weighted by Gasteiger charge is -2.10. The minimum atomic E-state index is -0.644. The average Bonchev–Trinajstić information content (AvgIpc) is 3.04. The molecular weight excluding hydrogens is 430 g/mol. The molecule has 0 bridgehead atoms. The summed E-state index contributed by atoms with van der Waals surface area (Å²) in [6.07, 6.45) is 1.56. The lowest BCUT2D eigenvalue weighted by Crippen LogP contribution is -2.09. The molecule has 0 radical (unpaired) electrons. The summed E-state index contributed by atoms with van der Waals surface area (Å²) < 4.78 is 24.2. The van der Waals surface area contributed by atoms with Gasteiger partial charge >= 0.3 is 5.97 Å². The molecule has 0 aromatic heterocycles. The van der Waals surface area contributed by atoms with E-state index >= 15 is 0 Å². The molecule has 4 rings (SSSR count). The molecule has 0 spiro atoms. The SMILES string of the molecule is Cc1c(OC(=O)c2ccc(F)cc2)ccc2c1O/C(=C\c1ccc(Cl)c(Cl)c1)C2=O. The van der Waals surface area contributed by atoms with Crippen molar-refractivity contribution >= 4 is 41.0 Å². The van der Waals surface area contributed by atoms with Crippen molar-refractivity contribution < 1.29 is 23.5 Å². The van der Waals surface area contributed by atoms with E-state index in [4.69, 9.17) is 32.7 Å². The minimum Gasteiger partial charge on any atom is -0.452 e. The molecule has 0 N–H and O–H groups in total. The van der Waals surface area contributed by atoms with Gasteiger partial charge in [-0.3, -0.25) is 4.79 Å². The molecule has 0 fully saturated rings. The number of carbonyl (C=O) groups excluding carboxylic acids is 2. The number of hydrogen-bond donors (Lipinski definition) is 0. The number of ketones is 1. The summed E-state index contributed by atoms with van der Waals surface area (Å²) in [5.74, 6) is -0.714. The van der Waals surface area contributed by atoms with Gasteiger partial charge < -0.3 is 9.47 Å². The van der Waals surface area contributed by atoms with Gasteiger partial charge in [-0.1, -0.05) is 29.3 Å². The number of benzene rings is 3. The Kier molecular flexibility index (Phi) is 5.33. The molecule has 30 heavy (non-hydrogen) atoms. The second-order valence-corrected chi connectivity index (χ2v) is 7.39. The number of halogens is 3. The zero-order valence-corrected chi connectivity index (χ0v) is 17.1. The maximum atomic E-state index is 13.0. The van der Waals surface area contributed by atoms with E-state index in [0.29, 0.717) is 32.5 Å². The van der Waals surface area contributed by atoms with Crippen LogP contribution in [0.15, 0.2) is 60.4 Å². The Hall–Kier alpha value is -3.15. The molecule has 150 valence electrons. The van der Waals surface area contributed by atoms with E-state index in [9.17, 15) is 14.0 Å². The Balaban J connectivity index is 1.61. The van der Waals surface area contributed by atoms with Crippen molar-refractivity contribution in [2.24, 2.45) is 0 Å². The number of esters is 1. The summed E-state index contributed by atoms with van der Waals surface area (Å²) in [5, 5.41) is 0.768. The maximum Gasteiger partial charge on any atom is 0.343 e. The molecule has 0 saturated carbocycles. The Morgan fingerprint density at radius 3 is 2.47 bits per heavy atom. The van der Waals surface area contributed by atoms with E-state index in [2.05, 4.69) is 0 Å². The van der Waals surface area contributed by atoms with Gasteiger partial charge in [-0.15, -0.1) is 0 Å². The van der Waals surface area contributed by atoms with Gasteiger partial charge in [0, 0.05) is 5.56 Å². The fourth-order valence-electron chi connectivity index (χ4n) is 2.98. The highest BCUT2D eigenvalue weighted by Gasteiger charge is 2.30. The van der Waals surface area contributed by atoms with Crippen LogP contribution >= 0.6 is 23.2 Å². The molecule has 0 amide bonds. The number of Topliss-reactive ketones (excluding diaryl/α,β-unsaturated/α-hetero) is 1. The van der Waals surface area contributed by atoms with Crippen molar-refractivity contribution in [1.82, 2.24) is 0 Å². The van der Waals surface area contributed by atoms with Crippen molar-refractivity contribution in [2.75, 3.05) is 0 Å². The summed E-state index contributed by atoms with van der Waals surface area (Å²) in [5.41, 5.74) is 1.71. The van der Waals surface area contributed by atoms with Crippen LogP contribution in [0.3, 0.4) is 0 Å². The molecule has 3 aromatic rings. The topological polar surface area (TPSA) is 52.6 Å². The number of fused-ring (bicyclic) bond motifs is 1. The maximum absolute atomic E-state index is 13.0. The molecule has 0 saturated heterocycles. The first-order valence-electron chi connectivity index (χ1n) is 8.84. The van der Waals surface area contributed by atoms with Crippen LogP contribution in [-0.4, -0.2) is 11.8 Å². The van der Waals surface area contributed by atoms with Gasteiger partial charge in [0.15, 0.2) is 5.76 Å². The molecule has 0 aliphatic carbocycles. The van der Waals surface area contributed by atoms with Crippen molar-refractivity contribution in [3.8, 4) is 11.5 Å². The summed E-state index contributed by atoms with van der Waals surface area (Å²) in [6, 6.07) is 13.0. The van der Waals surface area contributed by atoms with E-state index in [1.165, 1.54) is 36.4 Å². The predicted octanol–water partition coefficient (Wildman–Crippen LogP) is 6.28. The Morgan fingerprint density at radius 2 is 1.77 bits per heavy atom. The smallest absolute Gasteiger partial charge is 0.343 e. The molecule has 1 aliphatic rings.